The maximum atomic E-state index is 11.4. The molecule has 0 bridgehead atoms. The average molecular weight is 250 g/mol. The van der Waals surface area contributed by atoms with E-state index in [0.717, 1.165) is 0 Å². The standard InChI is InChI=1S/C15H22O3/c1-5-14(17,6-2)11-9-13(16)10-12-15(18,7-3)8-4/h17-18H,5-8H2,1-4H3. The summed E-state index contributed by atoms with van der Waals surface area (Å²) < 4.78 is 0. The van der Waals surface area contributed by atoms with Gasteiger partial charge in [0, 0.05) is 0 Å². The maximum Gasteiger partial charge on any atom is 0.279 e. The minimum atomic E-state index is -1.12. The van der Waals surface area contributed by atoms with Crippen LogP contribution in [-0.2, 0) is 4.79 Å². The van der Waals surface area contributed by atoms with E-state index in [2.05, 4.69) is 23.7 Å². The van der Waals surface area contributed by atoms with Gasteiger partial charge in [-0.05, 0) is 37.5 Å². The van der Waals surface area contributed by atoms with Crippen LogP contribution in [-0.4, -0.2) is 27.2 Å². The van der Waals surface area contributed by atoms with Gasteiger partial charge in [0.05, 0.1) is 0 Å². The first-order valence-corrected chi connectivity index (χ1v) is 6.39. The van der Waals surface area contributed by atoms with E-state index >= 15 is 0 Å². The van der Waals surface area contributed by atoms with Crippen LogP contribution < -0.4 is 0 Å². The average Bonchev–Trinajstić information content (AvgIpc) is 2.42. The number of hydrogen-bond donors (Lipinski definition) is 2. The number of carbonyl (C=O) groups excluding carboxylic acids is 1. The van der Waals surface area contributed by atoms with Crippen LogP contribution in [0.1, 0.15) is 53.4 Å². The molecule has 0 saturated heterocycles. The van der Waals surface area contributed by atoms with Gasteiger partial charge >= 0.3 is 0 Å². The summed E-state index contributed by atoms with van der Waals surface area (Å²) in [7, 11) is 0. The molecule has 0 rings (SSSR count). The monoisotopic (exact) mass is 250 g/mol. The third-order valence-electron chi connectivity index (χ3n) is 3.16. The summed E-state index contributed by atoms with van der Waals surface area (Å²) in [4.78, 5) is 11.4. The second kappa shape index (κ2) is 7.21. The Kier molecular flexibility index (Phi) is 6.70. The smallest absolute Gasteiger partial charge is 0.279 e. The highest BCUT2D eigenvalue weighted by Gasteiger charge is 2.19. The van der Waals surface area contributed by atoms with E-state index in [1.165, 1.54) is 0 Å². The molecule has 0 spiro atoms. The van der Waals surface area contributed by atoms with Crippen molar-refractivity contribution in [2.75, 3.05) is 0 Å². The van der Waals surface area contributed by atoms with Crippen LogP contribution >= 0.6 is 0 Å². The first-order chi connectivity index (χ1) is 8.34. The minimum Gasteiger partial charge on any atom is -0.378 e. The Balaban J connectivity index is 4.84. The number of aliphatic hydroxyl groups is 2. The summed E-state index contributed by atoms with van der Waals surface area (Å²) in [6.07, 6.45) is 1.85. The largest absolute Gasteiger partial charge is 0.378 e. The van der Waals surface area contributed by atoms with E-state index in [0.29, 0.717) is 25.7 Å². The van der Waals surface area contributed by atoms with Crippen LogP contribution in [0.5, 0.6) is 0 Å². The van der Waals surface area contributed by atoms with E-state index in [1.807, 2.05) is 0 Å². The van der Waals surface area contributed by atoms with Crippen molar-refractivity contribution in [3.8, 4) is 23.7 Å². The van der Waals surface area contributed by atoms with Crippen LogP contribution in [0.2, 0.25) is 0 Å². The Bertz CT molecular complexity index is 355. The molecule has 0 aliphatic carbocycles. The lowest BCUT2D eigenvalue weighted by atomic mass is 9.97. The predicted molar refractivity (Wildman–Crippen MR) is 71.6 cm³/mol. The summed E-state index contributed by atoms with van der Waals surface area (Å²) in [6.45, 7) is 7.23. The molecule has 0 aromatic carbocycles. The topological polar surface area (TPSA) is 57.5 Å². The van der Waals surface area contributed by atoms with E-state index in [4.69, 9.17) is 0 Å². The molecule has 3 nitrogen and oxygen atoms in total. The highest BCUT2D eigenvalue weighted by atomic mass is 16.3. The van der Waals surface area contributed by atoms with Crippen molar-refractivity contribution < 1.29 is 15.0 Å². The molecular formula is C15H22O3. The molecule has 0 amide bonds. The van der Waals surface area contributed by atoms with Crippen molar-refractivity contribution in [1.29, 1.82) is 0 Å². The molecule has 0 saturated carbocycles. The molecule has 0 aromatic heterocycles. The highest BCUT2D eigenvalue weighted by Crippen LogP contribution is 2.13. The zero-order valence-electron chi connectivity index (χ0n) is 11.6. The number of rotatable bonds is 4. The summed E-state index contributed by atoms with van der Waals surface area (Å²) >= 11 is 0. The Morgan fingerprint density at radius 3 is 1.33 bits per heavy atom. The van der Waals surface area contributed by atoms with Gasteiger partial charge in [0.2, 0.25) is 0 Å². The lowest BCUT2D eigenvalue weighted by molar-refractivity contribution is -0.109. The lowest BCUT2D eigenvalue weighted by Gasteiger charge is -2.17. The van der Waals surface area contributed by atoms with Gasteiger partial charge in [-0.3, -0.25) is 4.79 Å². The molecule has 0 heterocycles. The number of carbonyl (C=O) groups is 1. The predicted octanol–water partition coefficient (Wildman–Crippen LogP) is 1.66. The van der Waals surface area contributed by atoms with E-state index in [9.17, 15) is 15.0 Å². The summed E-state index contributed by atoms with van der Waals surface area (Å²) in [5.74, 6) is 9.15. The van der Waals surface area contributed by atoms with E-state index in [-0.39, 0.29) is 0 Å². The van der Waals surface area contributed by atoms with E-state index in [1.54, 1.807) is 27.7 Å². The first kappa shape index (κ1) is 16.7. The van der Waals surface area contributed by atoms with Gasteiger partial charge < -0.3 is 10.2 Å². The van der Waals surface area contributed by atoms with Crippen molar-refractivity contribution in [3.63, 3.8) is 0 Å². The second-order valence-corrected chi connectivity index (χ2v) is 4.31. The molecule has 0 radical (unpaired) electrons. The van der Waals surface area contributed by atoms with Crippen LogP contribution in [0.3, 0.4) is 0 Å². The summed E-state index contributed by atoms with van der Waals surface area (Å²) in [6, 6.07) is 0. The van der Waals surface area contributed by atoms with Crippen molar-refractivity contribution in [2.24, 2.45) is 0 Å². The Morgan fingerprint density at radius 1 is 0.833 bits per heavy atom. The molecule has 0 aliphatic heterocycles. The van der Waals surface area contributed by atoms with Crippen molar-refractivity contribution >= 4 is 5.78 Å². The van der Waals surface area contributed by atoms with Gasteiger partial charge in [-0.1, -0.05) is 39.5 Å². The first-order valence-electron chi connectivity index (χ1n) is 6.39. The zero-order valence-corrected chi connectivity index (χ0v) is 11.6. The van der Waals surface area contributed by atoms with Crippen LogP contribution in [0, 0.1) is 23.7 Å². The molecule has 0 atom stereocenters. The third-order valence-corrected chi connectivity index (χ3v) is 3.16. The highest BCUT2D eigenvalue weighted by molar-refractivity contribution is 6.09. The molecule has 0 unspecified atom stereocenters. The fourth-order valence-corrected chi connectivity index (χ4v) is 1.23. The normalized spacial score (nSPS) is 11.0. The molecule has 2 N–H and O–H groups in total. The number of ketones is 1. The van der Waals surface area contributed by atoms with Crippen molar-refractivity contribution in [1.82, 2.24) is 0 Å². The lowest BCUT2D eigenvalue weighted by Crippen LogP contribution is -2.24. The van der Waals surface area contributed by atoms with Gasteiger partial charge in [-0.2, -0.15) is 0 Å². The Labute approximate surface area is 110 Å². The van der Waals surface area contributed by atoms with E-state index < -0.39 is 17.0 Å². The van der Waals surface area contributed by atoms with Crippen LogP contribution in [0.15, 0.2) is 0 Å². The zero-order chi connectivity index (χ0) is 14.2. The van der Waals surface area contributed by atoms with Gasteiger partial charge in [0.25, 0.3) is 5.78 Å². The molecule has 0 aromatic rings. The minimum absolute atomic E-state index is 0.463. The molecular weight excluding hydrogens is 228 g/mol. The third kappa shape index (κ3) is 5.36. The Morgan fingerprint density at radius 2 is 1.11 bits per heavy atom. The molecule has 18 heavy (non-hydrogen) atoms. The quantitative estimate of drug-likeness (QED) is 0.589. The molecule has 0 aliphatic rings. The number of hydrogen-bond acceptors (Lipinski definition) is 3. The van der Waals surface area contributed by atoms with Gasteiger partial charge in [0.1, 0.15) is 11.2 Å². The maximum absolute atomic E-state index is 11.4. The number of Topliss-reactive ketones (excluding diaryl/α,β-unsaturated/α-hetero) is 1. The second-order valence-electron chi connectivity index (χ2n) is 4.31. The van der Waals surface area contributed by atoms with Gasteiger partial charge in [-0.15, -0.1) is 0 Å². The molecule has 3 heteroatoms. The summed E-state index contributed by atoms with van der Waals surface area (Å²) in [5.41, 5.74) is -2.24. The van der Waals surface area contributed by atoms with Crippen LogP contribution in [0.25, 0.3) is 0 Å². The fraction of sp³-hybridized carbons (Fsp3) is 0.667. The molecule has 100 valence electrons. The molecule has 0 fully saturated rings. The van der Waals surface area contributed by atoms with Gasteiger partial charge in [0.15, 0.2) is 0 Å². The van der Waals surface area contributed by atoms with Crippen molar-refractivity contribution in [3.05, 3.63) is 0 Å². The van der Waals surface area contributed by atoms with Gasteiger partial charge in [-0.25, -0.2) is 0 Å². The SMILES string of the molecule is CCC(O)(C#CC(=O)C#CC(O)(CC)CC)CC. The Hall–Kier alpha value is -1.29. The van der Waals surface area contributed by atoms with Crippen LogP contribution in [0.4, 0.5) is 0 Å². The van der Waals surface area contributed by atoms with Crippen molar-refractivity contribution in [2.45, 2.75) is 64.6 Å². The fourth-order valence-electron chi connectivity index (χ4n) is 1.23. The summed E-state index contributed by atoms with van der Waals surface area (Å²) in [5, 5.41) is 19.7.